The van der Waals surface area contributed by atoms with Crippen molar-refractivity contribution in [2.45, 2.75) is 19.8 Å². The zero-order valence-electron chi connectivity index (χ0n) is 9.31. The Balaban J connectivity index is 2.32. The van der Waals surface area contributed by atoms with Crippen LogP contribution in [0.15, 0.2) is 30.5 Å². The minimum Gasteiger partial charge on any atom is -0.396 e. The number of aliphatic hydroxyl groups excluding tert-OH is 1. The van der Waals surface area contributed by atoms with Crippen molar-refractivity contribution < 1.29 is 5.11 Å². The quantitative estimate of drug-likeness (QED) is 0.880. The first-order valence-corrected chi connectivity index (χ1v) is 6.24. The van der Waals surface area contributed by atoms with Gasteiger partial charge in [-0.1, -0.05) is 24.3 Å². The maximum atomic E-state index is 8.88. The Hall–Kier alpha value is -1.19. The SMILES string of the molecule is Cc1ncc(-c2ccccc2CCCO)s1. The van der Waals surface area contributed by atoms with Gasteiger partial charge in [-0.25, -0.2) is 4.98 Å². The fraction of sp³-hybridized carbons (Fsp3) is 0.308. The van der Waals surface area contributed by atoms with Crippen LogP contribution in [-0.2, 0) is 6.42 Å². The molecule has 0 atom stereocenters. The average Bonchev–Trinajstić information content (AvgIpc) is 2.73. The van der Waals surface area contributed by atoms with Gasteiger partial charge in [0, 0.05) is 12.8 Å². The number of hydrogen-bond donors (Lipinski definition) is 1. The summed E-state index contributed by atoms with van der Waals surface area (Å²) in [4.78, 5) is 5.50. The van der Waals surface area contributed by atoms with Crippen molar-refractivity contribution in [3.05, 3.63) is 41.0 Å². The zero-order valence-corrected chi connectivity index (χ0v) is 10.1. The van der Waals surface area contributed by atoms with E-state index >= 15 is 0 Å². The maximum absolute atomic E-state index is 8.88. The highest BCUT2D eigenvalue weighted by molar-refractivity contribution is 7.15. The number of aryl methyl sites for hydroxylation is 2. The van der Waals surface area contributed by atoms with Crippen molar-refractivity contribution in [2.75, 3.05) is 6.61 Å². The van der Waals surface area contributed by atoms with E-state index in [1.54, 1.807) is 11.3 Å². The van der Waals surface area contributed by atoms with Crippen molar-refractivity contribution in [1.29, 1.82) is 0 Å². The van der Waals surface area contributed by atoms with E-state index in [0.29, 0.717) is 0 Å². The molecular formula is C13H15NOS. The molecule has 1 aromatic heterocycles. The maximum Gasteiger partial charge on any atom is 0.0900 e. The van der Waals surface area contributed by atoms with Crippen LogP contribution >= 0.6 is 11.3 Å². The lowest BCUT2D eigenvalue weighted by Crippen LogP contribution is -1.91. The molecule has 0 aliphatic rings. The van der Waals surface area contributed by atoms with Crippen LogP contribution in [0.25, 0.3) is 10.4 Å². The van der Waals surface area contributed by atoms with E-state index in [1.807, 2.05) is 25.3 Å². The van der Waals surface area contributed by atoms with Crippen LogP contribution in [0.3, 0.4) is 0 Å². The lowest BCUT2D eigenvalue weighted by Gasteiger charge is -2.06. The highest BCUT2D eigenvalue weighted by Crippen LogP contribution is 2.29. The van der Waals surface area contributed by atoms with E-state index < -0.39 is 0 Å². The topological polar surface area (TPSA) is 33.1 Å². The van der Waals surface area contributed by atoms with Crippen LogP contribution in [-0.4, -0.2) is 16.7 Å². The van der Waals surface area contributed by atoms with E-state index in [4.69, 9.17) is 5.11 Å². The van der Waals surface area contributed by atoms with Crippen molar-refractivity contribution in [2.24, 2.45) is 0 Å². The van der Waals surface area contributed by atoms with Gasteiger partial charge in [-0.05, 0) is 30.9 Å². The van der Waals surface area contributed by atoms with Gasteiger partial charge < -0.3 is 5.11 Å². The summed E-state index contributed by atoms with van der Waals surface area (Å²) in [5.41, 5.74) is 2.54. The molecule has 16 heavy (non-hydrogen) atoms. The Morgan fingerprint density at radius 3 is 2.81 bits per heavy atom. The lowest BCUT2D eigenvalue weighted by molar-refractivity contribution is 0.288. The highest BCUT2D eigenvalue weighted by atomic mass is 32.1. The number of aliphatic hydroxyl groups is 1. The second kappa shape index (κ2) is 5.23. The monoisotopic (exact) mass is 233 g/mol. The molecule has 1 heterocycles. The van der Waals surface area contributed by atoms with Gasteiger partial charge in [-0.2, -0.15) is 0 Å². The normalized spacial score (nSPS) is 10.6. The summed E-state index contributed by atoms with van der Waals surface area (Å²) in [6.45, 7) is 2.26. The van der Waals surface area contributed by atoms with Crippen molar-refractivity contribution in [3.8, 4) is 10.4 Å². The van der Waals surface area contributed by atoms with Crippen molar-refractivity contribution >= 4 is 11.3 Å². The van der Waals surface area contributed by atoms with Gasteiger partial charge in [0.2, 0.25) is 0 Å². The fourth-order valence-corrected chi connectivity index (χ4v) is 2.57. The third-order valence-electron chi connectivity index (χ3n) is 2.51. The zero-order chi connectivity index (χ0) is 11.4. The minimum atomic E-state index is 0.246. The minimum absolute atomic E-state index is 0.246. The second-order valence-electron chi connectivity index (χ2n) is 3.73. The predicted octanol–water partition coefficient (Wildman–Crippen LogP) is 3.04. The number of nitrogens with zero attached hydrogens (tertiary/aromatic N) is 1. The van der Waals surface area contributed by atoms with Gasteiger partial charge in [0.15, 0.2) is 0 Å². The number of benzene rings is 1. The molecule has 0 saturated carbocycles. The predicted molar refractivity (Wildman–Crippen MR) is 67.7 cm³/mol. The Bertz CT molecular complexity index is 464. The molecular weight excluding hydrogens is 218 g/mol. The first kappa shape index (κ1) is 11.3. The number of aromatic nitrogens is 1. The molecule has 0 aliphatic carbocycles. The van der Waals surface area contributed by atoms with Crippen LogP contribution in [0.2, 0.25) is 0 Å². The number of hydrogen-bond acceptors (Lipinski definition) is 3. The van der Waals surface area contributed by atoms with Crippen molar-refractivity contribution in [1.82, 2.24) is 4.98 Å². The molecule has 0 amide bonds. The summed E-state index contributed by atoms with van der Waals surface area (Å²) < 4.78 is 0. The van der Waals surface area contributed by atoms with Gasteiger partial charge >= 0.3 is 0 Å². The molecule has 1 N–H and O–H groups in total. The van der Waals surface area contributed by atoms with Crippen LogP contribution < -0.4 is 0 Å². The summed E-state index contributed by atoms with van der Waals surface area (Å²) in [5, 5.41) is 9.97. The third-order valence-corrected chi connectivity index (χ3v) is 3.45. The van der Waals surface area contributed by atoms with E-state index in [0.717, 1.165) is 17.8 Å². The summed E-state index contributed by atoms with van der Waals surface area (Å²) >= 11 is 1.71. The van der Waals surface area contributed by atoms with Crippen LogP contribution in [0.5, 0.6) is 0 Å². The molecule has 0 radical (unpaired) electrons. The molecule has 0 unspecified atom stereocenters. The highest BCUT2D eigenvalue weighted by Gasteiger charge is 2.06. The van der Waals surface area contributed by atoms with E-state index in [-0.39, 0.29) is 6.61 Å². The summed E-state index contributed by atoms with van der Waals surface area (Å²) in [6.07, 6.45) is 3.66. The molecule has 2 rings (SSSR count). The van der Waals surface area contributed by atoms with E-state index in [1.165, 1.54) is 16.0 Å². The summed E-state index contributed by atoms with van der Waals surface area (Å²) in [7, 11) is 0. The Kier molecular flexibility index (Phi) is 3.70. The molecule has 0 bridgehead atoms. The van der Waals surface area contributed by atoms with Crippen LogP contribution in [0.4, 0.5) is 0 Å². The van der Waals surface area contributed by atoms with Crippen LogP contribution in [0, 0.1) is 6.92 Å². The summed E-state index contributed by atoms with van der Waals surface area (Å²) in [6, 6.07) is 8.34. The molecule has 0 fully saturated rings. The van der Waals surface area contributed by atoms with Crippen LogP contribution in [0.1, 0.15) is 17.0 Å². The molecule has 84 valence electrons. The summed E-state index contributed by atoms with van der Waals surface area (Å²) in [5.74, 6) is 0. The second-order valence-corrected chi connectivity index (χ2v) is 4.96. The van der Waals surface area contributed by atoms with Gasteiger partial charge in [-0.15, -0.1) is 11.3 Å². The van der Waals surface area contributed by atoms with Gasteiger partial charge in [0.05, 0.1) is 9.88 Å². The molecule has 0 saturated heterocycles. The number of thiazole rings is 1. The molecule has 0 aliphatic heterocycles. The molecule has 0 spiro atoms. The first-order valence-electron chi connectivity index (χ1n) is 5.43. The van der Waals surface area contributed by atoms with E-state index in [9.17, 15) is 0 Å². The van der Waals surface area contributed by atoms with E-state index in [2.05, 4.69) is 17.1 Å². The molecule has 1 aromatic carbocycles. The largest absolute Gasteiger partial charge is 0.396 e. The fourth-order valence-electron chi connectivity index (χ4n) is 1.73. The third kappa shape index (κ3) is 2.49. The van der Waals surface area contributed by atoms with Gasteiger partial charge in [0.25, 0.3) is 0 Å². The Labute approximate surface area is 99.6 Å². The van der Waals surface area contributed by atoms with Gasteiger partial charge in [0.1, 0.15) is 0 Å². The molecule has 3 heteroatoms. The standard InChI is InChI=1S/C13H15NOS/c1-10-14-9-13(16-10)12-7-3-2-5-11(12)6-4-8-15/h2-3,5,7,9,15H,4,6,8H2,1H3. The smallest absolute Gasteiger partial charge is 0.0900 e. The molecule has 2 aromatic rings. The molecule has 2 nitrogen and oxygen atoms in total. The first-order chi connectivity index (χ1) is 7.81. The Morgan fingerprint density at radius 1 is 1.31 bits per heavy atom. The Morgan fingerprint density at radius 2 is 2.12 bits per heavy atom. The van der Waals surface area contributed by atoms with Crippen molar-refractivity contribution in [3.63, 3.8) is 0 Å². The lowest BCUT2D eigenvalue weighted by atomic mass is 10.0. The van der Waals surface area contributed by atoms with Gasteiger partial charge in [-0.3, -0.25) is 0 Å². The average molecular weight is 233 g/mol. The number of rotatable bonds is 4.